The Morgan fingerprint density at radius 2 is 2.09 bits per heavy atom. The summed E-state index contributed by atoms with van der Waals surface area (Å²) in [6.07, 6.45) is 2.77. The van der Waals surface area contributed by atoms with E-state index in [0.717, 1.165) is 37.5 Å². The maximum absolute atomic E-state index is 12.4. The van der Waals surface area contributed by atoms with E-state index >= 15 is 0 Å². The first-order valence-electron chi connectivity index (χ1n) is 7.71. The van der Waals surface area contributed by atoms with E-state index in [9.17, 15) is 9.59 Å². The highest BCUT2D eigenvalue weighted by Gasteiger charge is 2.20. The first-order valence-corrected chi connectivity index (χ1v) is 8.48. The molecule has 0 saturated carbocycles. The van der Waals surface area contributed by atoms with Crippen LogP contribution in [0.25, 0.3) is 0 Å². The van der Waals surface area contributed by atoms with Gasteiger partial charge in [0, 0.05) is 24.3 Å². The molecule has 1 aromatic carbocycles. The van der Waals surface area contributed by atoms with Gasteiger partial charge in [0.05, 0.1) is 5.69 Å². The van der Waals surface area contributed by atoms with Crippen molar-refractivity contribution in [3.8, 4) is 0 Å². The normalized spacial score (nSPS) is 14.0. The van der Waals surface area contributed by atoms with E-state index in [2.05, 4.69) is 14.9 Å². The summed E-state index contributed by atoms with van der Waals surface area (Å²) in [5, 5.41) is 6.77. The molecule has 0 aliphatic carbocycles. The Kier molecular flexibility index (Phi) is 4.66. The summed E-state index contributed by atoms with van der Waals surface area (Å²) in [4.78, 5) is 27.1. The fraction of sp³-hybridized carbons (Fsp3) is 0.375. The summed E-state index contributed by atoms with van der Waals surface area (Å²) in [7, 11) is 0. The molecule has 7 heteroatoms. The van der Waals surface area contributed by atoms with E-state index in [4.69, 9.17) is 0 Å². The fourth-order valence-electron chi connectivity index (χ4n) is 2.63. The number of amides is 2. The first-order chi connectivity index (χ1) is 11.2. The van der Waals surface area contributed by atoms with E-state index in [1.165, 1.54) is 0 Å². The largest absolute Gasteiger partial charge is 0.339 e. The number of aromatic nitrogens is 2. The molecule has 0 atom stereocenters. The van der Waals surface area contributed by atoms with Crippen molar-refractivity contribution in [1.82, 2.24) is 14.5 Å². The second-order valence-corrected chi connectivity index (χ2v) is 6.19. The number of rotatable bonds is 4. The highest BCUT2D eigenvalue weighted by atomic mass is 32.1. The fourth-order valence-corrected chi connectivity index (χ4v) is 3.28. The van der Waals surface area contributed by atoms with Crippen molar-refractivity contribution in [3.05, 3.63) is 40.4 Å². The summed E-state index contributed by atoms with van der Waals surface area (Å²) in [6.45, 7) is 3.55. The van der Waals surface area contributed by atoms with Gasteiger partial charge in [-0.25, -0.2) is 0 Å². The monoisotopic (exact) mass is 330 g/mol. The molecular formula is C16H18N4O2S. The molecule has 1 aliphatic heterocycles. The van der Waals surface area contributed by atoms with Crippen molar-refractivity contribution in [3.63, 3.8) is 0 Å². The summed E-state index contributed by atoms with van der Waals surface area (Å²) < 4.78 is 3.82. The number of carbonyl (C=O) groups is 2. The molecule has 0 spiro atoms. The minimum Gasteiger partial charge on any atom is -0.339 e. The van der Waals surface area contributed by atoms with Gasteiger partial charge in [-0.1, -0.05) is 17.5 Å². The minimum atomic E-state index is -0.234. The van der Waals surface area contributed by atoms with Gasteiger partial charge >= 0.3 is 0 Å². The Morgan fingerprint density at radius 1 is 1.30 bits per heavy atom. The highest BCUT2D eigenvalue weighted by molar-refractivity contribution is 7.08. The molecule has 23 heavy (non-hydrogen) atoms. The number of likely N-dealkylation sites (tertiary alicyclic amines) is 1. The molecule has 120 valence electrons. The number of nitrogens with zero attached hydrogens (tertiary/aromatic N) is 3. The molecule has 2 aromatic rings. The van der Waals surface area contributed by atoms with Crippen LogP contribution in [0.4, 0.5) is 5.69 Å². The Bertz CT molecular complexity index is 722. The number of carbonyl (C=O) groups excluding carboxylic acids is 2. The zero-order valence-electron chi connectivity index (χ0n) is 12.9. The number of anilines is 1. The molecule has 1 aromatic heterocycles. The second-order valence-electron chi connectivity index (χ2n) is 5.44. The molecule has 0 bridgehead atoms. The standard InChI is InChI=1S/C16H18N4O2S/c1-2-13-14(23-19-18-13)15(21)17-12-7-5-6-11(10-12)16(22)20-8-3-4-9-20/h5-7,10H,2-4,8-9H2,1H3,(H,17,21). The van der Waals surface area contributed by atoms with Gasteiger partial charge in [0.1, 0.15) is 4.88 Å². The van der Waals surface area contributed by atoms with Crippen molar-refractivity contribution >= 4 is 29.0 Å². The quantitative estimate of drug-likeness (QED) is 0.935. The van der Waals surface area contributed by atoms with Crippen LogP contribution in [0.1, 0.15) is 45.5 Å². The van der Waals surface area contributed by atoms with Gasteiger partial charge in [-0.15, -0.1) is 5.10 Å². The molecule has 2 heterocycles. The van der Waals surface area contributed by atoms with Gasteiger partial charge < -0.3 is 10.2 Å². The topological polar surface area (TPSA) is 75.2 Å². The van der Waals surface area contributed by atoms with Crippen molar-refractivity contribution in [2.24, 2.45) is 0 Å². The van der Waals surface area contributed by atoms with E-state index in [-0.39, 0.29) is 11.8 Å². The lowest BCUT2D eigenvalue weighted by Crippen LogP contribution is -2.27. The maximum atomic E-state index is 12.4. The highest BCUT2D eigenvalue weighted by Crippen LogP contribution is 2.18. The lowest BCUT2D eigenvalue weighted by Gasteiger charge is -2.15. The molecule has 0 unspecified atom stereocenters. The third-order valence-corrected chi connectivity index (χ3v) is 4.62. The molecule has 6 nitrogen and oxygen atoms in total. The average molecular weight is 330 g/mol. The SMILES string of the molecule is CCc1nnsc1C(=O)Nc1cccc(C(=O)N2CCCC2)c1. The predicted octanol–water partition coefficient (Wildman–Crippen LogP) is 2.59. The Labute approximate surface area is 138 Å². The minimum absolute atomic E-state index is 0.0207. The summed E-state index contributed by atoms with van der Waals surface area (Å²) in [5.74, 6) is -0.213. The van der Waals surface area contributed by atoms with Crippen molar-refractivity contribution in [1.29, 1.82) is 0 Å². The van der Waals surface area contributed by atoms with Crippen LogP contribution in [0.3, 0.4) is 0 Å². The number of nitrogens with one attached hydrogen (secondary N) is 1. The van der Waals surface area contributed by atoms with E-state index in [0.29, 0.717) is 28.2 Å². The summed E-state index contributed by atoms with van der Waals surface area (Å²) >= 11 is 1.08. The molecule has 1 saturated heterocycles. The number of hydrogen-bond donors (Lipinski definition) is 1. The van der Waals surface area contributed by atoms with Gasteiger partial charge in [-0.05, 0) is 49.0 Å². The zero-order chi connectivity index (χ0) is 16.2. The van der Waals surface area contributed by atoms with E-state index in [1.54, 1.807) is 24.3 Å². The Morgan fingerprint density at radius 3 is 2.83 bits per heavy atom. The summed E-state index contributed by atoms with van der Waals surface area (Å²) in [6, 6.07) is 7.06. The second kappa shape index (κ2) is 6.87. The third kappa shape index (κ3) is 3.39. The molecule has 3 rings (SSSR count). The smallest absolute Gasteiger partial charge is 0.269 e. The Balaban J connectivity index is 1.75. The van der Waals surface area contributed by atoms with Crippen LogP contribution in [0.2, 0.25) is 0 Å². The first kappa shape index (κ1) is 15.6. The van der Waals surface area contributed by atoms with Crippen LogP contribution in [0, 0.1) is 0 Å². The van der Waals surface area contributed by atoms with Crippen molar-refractivity contribution in [2.45, 2.75) is 26.2 Å². The van der Waals surface area contributed by atoms with Crippen molar-refractivity contribution in [2.75, 3.05) is 18.4 Å². The van der Waals surface area contributed by atoms with Crippen LogP contribution in [-0.4, -0.2) is 39.4 Å². The lowest BCUT2D eigenvalue weighted by molar-refractivity contribution is 0.0792. The molecular weight excluding hydrogens is 312 g/mol. The van der Waals surface area contributed by atoms with Crippen LogP contribution < -0.4 is 5.32 Å². The van der Waals surface area contributed by atoms with Gasteiger partial charge in [-0.3, -0.25) is 9.59 Å². The zero-order valence-corrected chi connectivity index (χ0v) is 13.7. The van der Waals surface area contributed by atoms with Crippen molar-refractivity contribution < 1.29 is 9.59 Å². The van der Waals surface area contributed by atoms with Gasteiger partial charge in [0.2, 0.25) is 0 Å². The van der Waals surface area contributed by atoms with Gasteiger partial charge in [0.25, 0.3) is 11.8 Å². The molecule has 0 radical (unpaired) electrons. The molecule has 1 N–H and O–H groups in total. The van der Waals surface area contributed by atoms with E-state index in [1.807, 2.05) is 11.8 Å². The van der Waals surface area contributed by atoms with Gasteiger partial charge in [0.15, 0.2) is 0 Å². The Hall–Kier alpha value is -2.28. The summed E-state index contributed by atoms with van der Waals surface area (Å²) in [5.41, 5.74) is 1.90. The lowest BCUT2D eigenvalue weighted by atomic mass is 10.1. The average Bonchev–Trinajstić information content (AvgIpc) is 3.25. The number of benzene rings is 1. The number of hydrogen-bond acceptors (Lipinski definition) is 5. The molecule has 1 aliphatic rings. The van der Waals surface area contributed by atoms with Crippen LogP contribution in [-0.2, 0) is 6.42 Å². The maximum Gasteiger partial charge on any atom is 0.269 e. The number of aryl methyl sites for hydroxylation is 1. The van der Waals surface area contributed by atoms with Crippen LogP contribution in [0.5, 0.6) is 0 Å². The molecule has 1 fully saturated rings. The predicted molar refractivity (Wildman–Crippen MR) is 88.8 cm³/mol. The van der Waals surface area contributed by atoms with Crippen LogP contribution >= 0.6 is 11.5 Å². The van der Waals surface area contributed by atoms with E-state index < -0.39 is 0 Å². The molecule has 2 amide bonds. The van der Waals surface area contributed by atoms with Crippen LogP contribution in [0.15, 0.2) is 24.3 Å². The third-order valence-electron chi connectivity index (χ3n) is 3.86. The van der Waals surface area contributed by atoms with Gasteiger partial charge in [-0.2, -0.15) is 0 Å².